The van der Waals surface area contributed by atoms with E-state index in [1.54, 1.807) is 7.11 Å². The molecular weight excluding hydrogens is 302 g/mol. The Morgan fingerprint density at radius 2 is 2.24 bits per heavy atom. The second-order valence-electron chi connectivity index (χ2n) is 4.62. The third-order valence-corrected chi connectivity index (χ3v) is 4.19. The van der Waals surface area contributed by atoms with Crippen molar-refractivity contribution in [3.05, 3.63) is 27.2 Å². The Morgan fingerprint density at radius 1 is 1.53 bits per heavy atom. The number of nitrogens with one attached hydrogen (secondary N) is 1. The molecular formula is C13H17BrClNO. The molecule has 1 aliphatic carbocycles. The fourth-order valence-electron chi connectivity index (χ4n) is 1.93. The van der Waals surface area contributed by atoms with E-state index in [4.69, 9.17) is 16.3 Å². The molecule has 2 rings (SSSR count). The lowest BCUT2D eigenvalue weighted by Crippen LogP contribution is -2.27. The summed E-state index contributed by atoms with van der Waals surface area (Å²) in [6.45, 7) is 2.74. The number of hydrogen-bond acceptors (Lipinski definition) is 2. The van der Waals surface area contributed by atoms with Crippen LogP contribution in [0.5, 0.6) is 0 Å². The zero-order valence-electron chi connectivity index (χ0n) is 10.1. The molecule has 1 unspecified atom stereocenters. The van der Waals surface area contributed by atoms with Gasteiger partial charge in [0.15, 0.2) is 0 Å². The van der Waals surface area contributed by atoms with Gasteiger partial charge in [0.25, 0.3) is 0 Å². The van der Waals surface area contributed by atoms with Crippen molar-refractivity contribution in [2.24, 2.45) is 5.92 Å². The van der Waals surface area contributed by atoms with Crippen molar-refractivity contribution in [1.29, 1.82) is 0 Å². The van der Waals surface area contributed by atoms with Gasteiger partial charge in [0.1, 0.15) is 0 Å². The molecule has 0 heterocycles. The molecule has 0 aliphatic heterocycles. The molecule has 4 heteroatoms. The minimum absolute atomic E-state index is 0.384. The highest BCUT2D eigenvalue weighted by Crippen LogP contribution is 2.36. The first kappa shape index (κ1) is 13.2. The van der Waals surface area contributed by atoms with Crippen LogP contribution in [0.4, 0.5) is 5.69 Å². The van der Waals surface area contributed by atoms with Crippen LogP contribution in [0.3, 0.4) is 0 Å². The van der Waals surface area contributed by atoms with Gasteiger partial charge in [-0.1, -0.05) is 11.6 Å². The first-order valence-electron chi connectivity index (χ1n) is 5.83. The van der Waals surface area contributed by atoms with Crippen LogP contribution in [-0.4, -0.2) is 19.8 Å². The maximum absolute atomic E-state index is 6.15. The van der Waals surface area contributed by atoms with Crippen molar-refractivity contribution in [2.45, 2.75) is 25.8 Å². The predicted octanol–water partition coefficient (Wildman–Crippen LogP) is 4.25. The number of ether oxygens (including phenoxy) is 1. The minimum atomic E-state index is 0.384. The van der Waals surface area contributed by atoms with Crippen molar-refractivity contribution < 1.29 is 4.74 Å². The van der Waals surface area contributed by atoms with Crippen LogP contribution in [-0.2, 0) is 4.74 Å². The standard InChI is InChI=1S/C13H17BrClNO/c1-8-5-10(14)12(6-11(8)15)16-13(7-17-2)9-3-4-9/h5-6,9,13,16H,3-4,7H2,1-2H3. The summed E-state index contributed by atoms with van der Waals surface area (Å²) >= 11 is 9.72. The zero-order chi connectivity index (χ0) is 12.4. The van der Waals surface area contributed by atoms with Gasteiger partial charge in [-0.25, -0.2) is 0 Å². The zero-order valence-corrected chi connectivity index (χ0v) is 12.4. The number of halogens is 2. The summed E-state index contributed by atoms with van der Waals surface area (Å²) in [5, 5.41) is 4.32. The maximum atomic E-state index is 6.15. The van der Waals surface area contributed by atoms with E-state index in [0.29, 0.717) is 6.04 Å². The van der Waals surface area contributed by atoms with Gasteiger partial charge in [-0.15, -0.1) is 0 Å². The molecule has 1 aromatic rings. The first-order chi connectivity index (χ1) is 8.11. The Balaban J connectivity index is 2.13. The van der Waals surface area contributed by atoms with Crippen molar-refractivity contribution in [3.63, 3.8) is 0 Å². The Kier molecular flexibility index (Phi) is 4.34. The van der Waals surface area contributed by atoms with Crippen LogP contribution in [0.25, 0.3) is 0 Å². The van der Waals surface area contributed by atoms with Gasteiger partial charge in [0.2, 0.25) is 0 Å². The predicted molar refractivity (Wildman–Crippen MR) is 75.9 cm³/mol. The molecule has 2 nitrogen and oxygen atoms in total. The summed E-state index contributed by atoms with van der Waals surface area (Å²) in [6, 6.07) is 4.41. The lowest BCUT2D eigenvalue weighted by atomic mass is 10.1. The molecule has 1 saturated carbocycles. The summed E-state index contributed by atoms with van der Waals surface area (Å²) in [6.07, 6.45) is 2.58. The van der Waals surface area contributed by atoms with Crippen LogP contribution in [0, 0.1) is 12.8 Å². The largest absolute Gasteiger partial charge is 0.383 e. The highest BCUT2D eigenvalue weighted by atomic mass is 79.9. The molecule has 1 fully saturated rings. The van der Waals surface area contributed by atoms with Crippen molar-refractivity contribution >= 4 is 33.2 Å². The van der Waals surface area contributed by atoms with Crippen molar-refractivity contribution in [3.8, 4) is 0 Å². The van der Waals surface area contributed by atoms with Crippen LogP contribution < -0.4 is 5.32 Å². The van der Waals surface area contributed by atoms with Crippen LogP contribution >= 0.6 is 27.5 Å². The Morgan fingerprint density at radius 3 is 2.82 bits per heavy atom. The van der Waals surface area contributed by atoms with Gasteiger partial charge in [0, 0.05) is 16.6 Å². The second-order valence-corrected chi connectivity index (χ2v) is 5.89. The van der Waals surface area contributed by atoms with E-state index < -0.39 is 0 Å². The SMILES string of the molecule is COCC(Nc1cc(Cl)c(C)cc1Br)C1CC1. The molecule has 0 aromatic heterocycles. The molecule has 0 amide bonds. The molecule has 0 spiro atoms. The van der Waals surface area contributed by atoms with Crippen LogP contribution in [0.15, 0.2) is 16.6 Å². The highest BCUT2D eigenvalue weighted by molar-refractivity contribution is 9.10. The number of anilines is 1. The number of hydrogen-bond donors (Lipinski definition) is 1. The van der Waals surface area contributed by atoms with E-state index >= 15 is 0 Å². The van der Waals surface area contributed by atoms with Crippen LogP contribution in [0.1, 0.15) is 18.4 Å². The van der Waals surface area contributed by atoms with Crippen molar-refractivity contribution in [2.75, 3.05) is 19.0 Å². The normalized spacial score (nSPS) is 16.9. The fraction of sp³-hybridized carbons (Fsp3) is 0.538. The van der Waals surface area contributed by atoms with E-state index in [-0.39, 0.29) is 0 Å². The summed E-state index contributed by atoms with van der Waals surface area (Å²) in [7, 11) is 1.74. The van der Waals surface area contributed by atoms with E-state index in [9.17, 15) is 0 Å². The summed E-state index contributed by atoms with van der Waals surface area (Å²) < 4.78 is 6.32. The van der Waals surface area contributed by atoms with E-state index in [1.165, 1.54) is 12.8 Å². The van der Waals surface area contributed by atoms with Gasteiger partial charge in [-0.2, -0.15) is 0 Å². The smallest absolute Gasteiger partial charge is 0.0666 e. The lowest BCUT2D eigenvalue weighted by Gasteiger charge is -2.20. The highest BCUT2D eigenvalue weighted by Gasteiger charge is 2.31. The molecule has 1 N–H and O–H groups in total. The van der Waals surface area contributed by atoms with Gasteiger partial charge < -0.3 is 10.1 Å². The molecule has 1 atom stereocenters. The Bertz CT molecular complexity index is 407. The third kappa shape index (κ3) is 3.36. The Hall–Kier alpha value is -0.250. The summed E-state index contributed by atoms with van der Waals surface area (Å²) in [4.78, 5) is 0. The lowest BCUT2D eigenvalue weighted by molar-refractivity contribution is 0.179. The average Bonchev–Trinajstić information content (AvgIpc) is 3.08. The summed E-state index contributed by atoms with van der Waals surface area (Å²) in [5.41, 5.74) is 2.13. The average molecular weight is 319 g/mol. The van der Waals surface area contributed by atoms with Crippen molar-refractivity contribution in [1.82, 2.24) is 0 Å². The van der Waals surface area contributed by atoms with Gasteiger partial charge in [-0.05, 0) is 59.3 Å². The number of benzene rings is 1. The first-order valence-corrected chi connectivity index (χ1v) is 7.00. The molecule has 0 bridgehead atoms. The molecule has 0 saturated heterocycles. The third-order valence-electron chi connectivity index (χ3n) is 3.13. The number of aryl methyl sites for hydroxylation is 1. The van der Waals surface area contributed by atoms with E-state index in [2.05, 4.69) is 21.2 Å². The molecule has 1 aliphatic rings. The molecule has 1 aromatic carbocycles. The van der Waals surface area contributed by atoms with Gasteiger partial charge >= 0.3 is 0 Å². The summed E-state index contributed by atoms with van der Waals surface area (Å²) in [5.74, 6) is 0.738. The monoisotopic (exact) mass is 317 g/mol. The molecule has 94 valence electrons. The minimum Gasteiger partial charge on any atom is -0.383 e. The quantitative estimate of drug-likeness (QED) is 0.876. The van der Waals surface area contributed by atoms with Gasteiger partial charge in [-0.3, -0.25) is 0 Å². The van der Waals surface area contributed by atoms with Crippen LogP contribution in [0.2, 0.25) is 5.02 Å². The topological polar surface area (TPSA) is 21.3 Å². The maximum Gasteiger partial charge on any atom is 0.0666 e. The second kappa shape index (κ2) is 5.59. The van der Waals surface area contributed by atoms with Gasteiger partial charge in [0.05, 0.1) is 18.3 Å². The molecule has 0 radical (unpaired) electrons. The fourth-order valence-corrected chi connectivity index (χ4v) is 2.67. The van der Waals surface area contributed by atoms with E-state index in [1.807, 2.05) is 19.1 Å². The number of rotatable bonds is 5. The molecule has 17 heavy (non-hydrogen) atoms. The Labute approximate surface area is 116 Å². The van der Waals surface area contributed by atoms with E-state index in [0.717, 1.165) is 33.3 Å². The number of methoxy groups -OCH3 is 1.